The quantitative estimate of drug-likeness (QED) is 0.859. The second kappa shape index (κ2) is 7.19. The predicted octanol–water partition coefficient (Wildman–Crippen LogP) is 3.39. The highest BCUT2D eigenvalue weighted by molar-refractivity contribution is 7.99. The number of rotatable bonds is 6. The molecule has 1 aromatic heterocycles. The number of aliphatic hydroxyl groups is 1. The molecule has 1 N–H and O–H groups in total. The molecule has 1 aliphatic carbocycles. The van der Waals surface area contributed by atoms with Crippen LogP contribution in [0, 0.1) is 0 Å². The van der Waals surface area contributed by atoms with Crippen molar-refractivity contribution in [2.75, 3.05) is 6.61 Å². The maximum atomic E-state index is 8.88. The maximum Gasteiger partial charge on any atom is 0.0723 e. The summed E-state index contributed by atoms with van der Waals surface area (Å²) in [6, 6.07) is 2.78. The summed E-state index contributed by atoms with van der Waals surface area (Å²) in [6.07, 6.45) is 9.67. The number of hydrogen-bond acceptors (Lipinski definition) is 3. The molecule has 102 valence electrons. The van der Waals surface area contributed by atoms with Crippen LogP contribution in [0.5, 0.6) is 0 Å². The molecular weight excluding hydrogens is 244 g/mol. The molecule has 0 bridgehead atoms. The minimum Gasteiger partial charge on any atom is -0.396 e. The smallest absolute Gasteiger partial charge is 0.0723 e. The minimum absolute atomic E-state index is 0.282. The molecule has 0 amide bonds. The van der Waals surface area contributed by atoms with Crippen molar-refractivity contribution >= 4 is 11.8 Å². The Morgan fingerprint density at radius 2 is 2.22 bits per heavy atom. The van der Waals surface area contributed by atoms with Gasteiger partial charge in [-0.15, -0.1) is 0 Å². The molecule has 1 atom stereocenters. The van der Waals surface area contributed by atoms with Gasteiger partial charge in [0.25, 0.3) is 0 Å². The van der Waals surface area contributed by atoms with Gasteiger partial charge in [-0.3, -0.25) is 4.68 Å². The molecule has 0 radical (unpaired) electrons. The maximum absolute atomic E-state index is 8.88. The Kier molecular flexibility index (Phi) is 5.57. The van der Waals surface area contributed by atoms with Crippen molar-refractivity contribution in [1.29, 1.82) is 0 Å². The molecule has 3 nitrogen and oxygen atoms in total. The van der Waals surface area contributed by atoms with Crippen LogP contribution in [-0.4, -0.2) is 26.7 Å². The molecular formula is C14H24N2OS. The van der Waals surface area contributed by atoms with Crippen LogP contribution < -0.4 is 0 Å². The Morgan fingerprint density at radius 3 is 2.94 bits per heavy atom. The van der Waals surface area contributed by atoms with E-state index in [1.54, 1.807) is 0 Å². The van der Waals surface area contributed by atoms with Gasteiger partial charge in [-0.1, -0.05) is 26.2 Å². The van der Waals surface area contributed by atoms with Crippen LogP contribution in [0.1, 0.15) is 57.2 Å². The summed E-state index contributed by atoms with van der Waals surface area (Å²) in [7, 11) is 0. The van der Waals surface area contributed by atoms with Crippen molar-refractivity contribution in [3.63, 3.8) is 0 Å². The summed E-state index contributed by atoms with van der Waals surface area (Å²) in [5.41, 5.74) is 1.18. The molecule has 2 rings (SSSR count). The van der Waals surface area contributed by atoms with E-state index in [2.05, 4.69) is 23.9 Å². The summed E-state index contributed by atoms with van der Waals surface area (Å²) < 4.78 is 2.17. The van der Waals surface area contributed by atoms with E-state index in [4.69, 9.17) is 10.2 Å². The van der Waals surface area contributed by atoms with E-state index in [0.717, 1.165) is 12.2 Å². The normalized spacial score (nSPS) is 19.0. The van der Waals surface area contributed by atoms with Crippen molar-refractivity contribution in [3.8, 4) is 0 Å². The van der Waals surface area contributed by atoms with Gasteiger partial charge >= 0.3 is 0 Å². The van der Waals surface area contributed by atoms with Gasteiger partial charge < -0.3 is 5.11 Å². The molecule has 1 fully saturated rings. The Morgan fingerprint density at radius 1 is 1.44 bits per heavy atom. The van der Waals surface area contributed by atoms with Crippen molar-refractivity contribution in [3.05, 3.63) is 18.0 Å². The summed E-state index contributed by atoms with van der Waals surface area (Å²) >= 11 is 1.88. The van der Waals surface area contributed by atoms with Gasteiger partial charge in [-0.05, 0) is 25.3 Å². The van der Waals surface area contributed by atoms with E-state index in [1.807, 2.05) is 11.8 Å². The van der Waals surface area contributed by atoms with Crippen LogP contribution in [0.25, 0.3) is 0 Å². The lowest BCUT2D eigenvalue weighted by Gasteiger charge is -2.21. The van der Waals surface area contributed by atoms with E-state index in [-0.39, 0.29) is 6.61 Å². The second-order valence-electron chi connectivity index (χ2n) is 5.21. The first kappa shape index (κ1) is 13.9. The Hall–Kier alpha value is -0.480. The Bertz CT molecular complexity index is 347. The molecule has 1 unspecified atom stereocenters. The number of thioether (sulfide) groups is 1. The molecule has 1 saturated carbocycles. The van der Waals surface area contributed by atoms with Gasteiger partial charge in [0.15, 0.2) is 0 Å². The first-order valence-electron chi connectivity index (χ1n) is 7.06. The molecule has 1 aliphatic rings. The first-order chi connectivity index (χ1) is 8.79. The third-order valence-corrected chi connectivity index (χ3v) is 4.93. The standard InChI is InChI=1S/C14H24N2OS/c1-12(8-10-17)18-11-13-7-9-16(15-13)14-5-3-2-4-6-14/h7,9,12,14,17H,2-6,8,10-11H2,1H3. The Balaban J connectivity index is 1.82. The van der Waals surface area contributed by atoms with Crippen molar-refractivity contribution < 1.29 is 5.11 Å². The molecule has 4 heteroatoms. The van der Waals surface area contributed by atoms with Gasteiger partial charge in [0.2, 0.25) is 0 Å². The number of aromatic nitrogens is 2. The van der Waals surface area contributed by atoms with Crippen LogP contribution in [0.2, 0.25) is 0 Å². The van der Waals surface area contributed by atoms with Crippen molar-refractivity contribution in [1.82, 2.24) is 9.78 Å². The monoisotopic (exact) mass is 268 g/mol. The van der Waals surface area contributed by atoms with Crippen LogP contribution in [-0.2, 0) is 5.75 Å². The summed E-state index contributed by atoms with van der Waals surface area (Å²) in [5.74, 6) is 0.959. The van der Waals surface area contributed by atoms with Crippen molar-refractivity contribution in [2.45, 2.75) is 62.5 Å². The highest BCUT2D eigenvalue weighted by Gasteiger charge is 2.16. The van der Waals surface area contributed by atoms with Gasteiger partial charge in [0, 0.05) is 23.8 Å². The van der Waals surface area contributed by atoms with E-state index >= 15 is 0 Å². The van der Waals surface area contributed by atoms with Crippen LogP contribution in [0.3, 0.4) is 0 Å². The van der Waals surface area contributed by atoms with Gasteiger partial charge in [0.1, 0.15) is 0 Å². The topological polar surface area (TPSA) is 38.0 Å². The second-order valence-corrected chi connectivity index (χ2v) is 6.64. The van der Waals surface area contributed by atoms with E-state index in [0.29, 0.717) is 11.3 Å². The summed E-state index contributed by atoms with van der Waals surface area (Å²) in [4.78, 5) is 0. The molecule has 0 saturated heterocycles. The predicted molar refractivity (Wildman–Crippen MR) is 76.8 cm³/mol. The molecule has 18 heavy (non-hydrogen) atoms. The summed E-state index contributed by atoms with van der Waals surface area (Å²) in [6.45, 7) is 2.45. The third kappa shape index (κ3) is 4.02. The van der Waals surface area contributed by atoms with Crippen LogP contribution in [0.15, 0.2) is 12.3 Å². The largest absolute Gasteiger partial charge is 0.396 e. The fraction of sp³-hybridized carbons (Fsp3) is 0.786. The zero-order valence-corrected chi connectivity index (χ0v) is 12.0. The van der Waals surface area contributed by atoms with Gasteiger partial charge in [0.05, 0.1) is 11.7 Å². The van der Waals surface area contributed by atoms with E-state index < -0.39 is 0 Å². The van der Waals surface area contributed by atoms with Crippen molar-refractivity contribution in [2.24, 2.45) is 0 Å². The lowest BCUT2D eigenvalue weighted by atomic mass is 9.96. The fourth-order valence-electron chi connectivity index (χ4n) is 2.50. The van der Waals surface area contributed by atoms with E-state index in [1.165, 1.54) is 37.8 Å². The summed E-state index contributed by atoms with van der Waals surface area (Å²) in [5, 5.41) is 14.1. The third-order valence-electron chi connectivity index (χ3n) is 3.66. The highest BCUT2D eigenvalue weighted by atomic mass is 32.2. The SMILES string of the molecule is CC(CCO)SCc1ccn(C2CCCCC2)n1. The van der Waals surface area contributed by atoms with Gasteiger partial charge in [-0.25, -0.2) is 0 Å². The average Bonchev–Trinajstić information content (AvgIpc) is 2.87. The number of aliphatic hydroxyl groups excluding tert-OH is 1. The molecule has 0 aliphatic heterocycles. The zero-order chi connectivity index (χ0) is 12.8. The average molecular weight is 268 g/mol. The molecule has 0 aromatic carbocycles. The number of hydrogen-bond donors (Lipinski definition) is 1. The lowest BCUT2D eigenvalue weighted by molar-refractivity contribution is 0.289. The molecule has 1 heterocycles. The van der Waals surface area contributed by atoms with Crippen LogP contribution >= 0.6 is 11.8 Å². The number of nitrogens with zero attached hydrogens (tertiary/aromatic N) is 2. The van der Waals surface area contributed by atoms with Crippen LogP contribution in [0.4, 0.5) is 0 Å². The highest BCUT2D eigenvalue weighted by Crippen LogP contribution is 2.28. The van der Waals surface area contributed by atoms with Gasteiger partial charge in [-0.2, -0.15) is 16.9 Å². The minimum atomic E-state index is 0.282. The zero-order valence-electron chi connectivity index (χ0n) is 11.2. The molecule has 0 spiro atoms. The first-order valence-corrected chi connectivity index (χ1v) is 8.11. The lowest BCUT2D eigenvalue weighted by Crippen LogP contribution is -2.13. The molecule has 1 aromatic rings. The Labute approximate surface area is 114 Å². The van der Waals surface area contributed by atoms with E-state index in [9.17, 15) is 0 Å². The fourth-order valence-corrected chi connectivity index (χ4v) is 3.38.